The lowest BCUT2D eigenvalue weighted by atomic mass is 9.68. The van der Waals surface area contributed by atoms with E-state index < -0.39 is 45.7 Å². The maximum absolute atomic E-state index is 13.6. The fourth-order valence-corrected chi connectivity index (χ4v) is 8.27. The van der Waals surface area contributed by atoms with Crippen molar-refractivity contribution in [3.63, 3.8) is 0 Å². The molecule has 2 amide bonds. The molecule has 46 heavy (non-hydrogen) atoms. The molecule has 12 heteroatoms. The largest absolute Gasteiger partial charge is 0.490 e. The van der Waals surface area contributed by atoms with Crippen molar-refractivity contribution in [2.45, 2.75) is 68.0 Å². The number of benzene rings is 2. The Morgan fingerprint density at radius 2 is 2.00 bits per heavy atom. The van der Waals surface area contributed by atoms with Gasteiger partial charge in [-0.25, -0.2) is 17.9 Å². The van der Waals surface area contributed by atoms with Crippen LogP contribution in [0.25, 0.3) is 0 Å². The summed E-state index contributed by atoms with van der Waals surface area (Å²) in [5, 5.41) is 0.673. The number of hydrogen-bond acceptors (Lipinski definition) is 8. The van der Waals surface area contributed by atoms with Crippen molar-refractivity contribution < 1.29 is 35.0 Å². The van der Waals surface area contributed by atoms with E-state index in [1.165, 1.54) is 42.5 Å². The zero-order valence-electron chi connectivity index (χ0n) is 28.5. The van der Waals surface area contributed by atoms with Crippen LogP contribution in [0.15, 0.2) is 53.4 Å². The molecule has 1 spiro atoms. The lowest BCUT2D eigenvalue weighted by Crippen LogP contribution is -2.50. The summed E-state index contributed by atoms with van der Waals surface area (Å²) < 4.78 is 64.3. The first-order chi connectivity index (χ1) is 22.5. The summed E-state index contributed by atoms with van der Waals surface area (Å²) in [7, 11) is -1.22. The molecular weight excluding hydrogens is 630 g/mol. The van der Waals surface area contributed by atoms with Gasteiger partial charge in [-0.2, -0.15) is 0 Å². The number of anilines is 1. The van der Waals surface area contributed by atoms with Crippen LogP contribution < -0.4 is 14.4 Å². The van der Waals surface area contributed by atoms with Gasteiger partial charge in [0.1, 0.15) is 17.5 Å². The molecule has 0 aromatic heterocycles. The normalized spacial score (nSPS) is 30.8. The smallest absolute Gasteiger partial charge is 0.409 e. The van der Waals surface area contributed by atoms with Gasteiger partial charge in [0.2, 0.25) is 0 Å². The number of rotatable bonds is 1. The minimum Gasteiger partial charge on any atom is -0.490 e. The Balaban J connectivity index is 1.46. The summed E-state index contributed by atoms with van der Waals surface area (Å²) in [4.78, 5) is 29.4. The average Bonchev–Trinajstić information content (AvgIpc) is 3.13. The van der Waals surface area contributed by atoms with Crippen LogP contribution in [0.5, 0.6) is 5.75 Å². The van der Waals surface area contributed by atoms with E-state index in [0.717, 1.165) is 43.7 Å². The molecular formula is C34H42ClN3O7S. The Morgan fingerprint density at radius 3 is 2.74 bits per heavy atom. The number of carbonyl (C=O) groups is 2. The lowest BCUT2D eigenvalue weighted by molar-refractivity contribution is -0.139. The molecule has 0 radical (unpaired) electrons. The Labute approximate surface area is 278 Å². The number of ether oxygens (including phenoxy) is 3. The lowest BCUT2D eigenvalue weighted by Gasteiger charge is -2.46. The van der Waals surface area contributed by atoms with Gasteiger partial charge >= 0.3 is 6.09 Å². The number of fused-ring (bicyclic) bond motifs is 4. The molecule has 2 aromatic rings. The van der Waals surface area contributed by atoms with Gasteiger partial charge in [-0.15, -0.1) is 0 Å². The Kier molecular flexibility index (Phi) is 8.10. The van der Waals surface area contributed by atoms with Crippen LogP contribution in [-0.4, -0.2) is 77.4 Å². The topological polar surface area (TPSA) is 114 Å². The number of carbonyl (C=O) groups excluding carboxylic acids is 2. The highest BCUT2D eigenvalue weighted by Crippen LogP contribution is 2.47. The maximum Gasteiger partial charge on any atom is 0.409 e. The molecule has 2 bridgehead atoms. The molecule has 2 aliphatic carbocycles. The van der Waals surface area contributed by atoms with Crippen molar-refractivity contribution in [1.82, 2.24) is 9.62 Å². The van der Waals surface area contributed by atoms with Crippen molar-refractivity contribution in [2.75, 3.05) is 45.3 Å². The summed E-state index contributed by atoms with van der Waals surface area (Å²) in [5.41, 5.74) is 0.625. The summed E-state index contributed by atoms with van der Waals surface area (Å²) in [5.74, 6) is -0.649. The molecule has 0 unspecified atom stereocenters. The SMILES string of the molecule is [2H]C1([2H])/C=C/[C@H](OC(=O)N(C)C)[C@@H]2CC[C@H]2CN2C[C@@]3(CCCc4cc(Cl)ccc43)COc3ccc(cc32)S(=O)(=O)NC(=O)C(C)(C)O1. The highest BCUT2D eigenvalue weighted by Gasteiger charge is 2.45. The summed E-state index contributed by atoms with van der Waals surface area (Å²) >= 11 is 6.40. The number of sulfonamides is 1. The molecule has 2 aliphatic heterocycles. The van der Waals surface area contributed by atoms with Gasteiger partial charge in [0, 0.05) is 43.5 Å². The van der Waals surface area contributed by atoms with Gasteiger partial charge in [0.25, 0.3) is 15.9 Å². The third kappa shape index (κ3) is 6.33. The number of aryl methyl sites for hydroxylation is 1. The van der Waals surface area contributed by atoms with Crippen LogP contribution in [0.2, 0.25) is 5.02 Å². The molecule has 10 nitrogen and oxygen atoms in total. The number of halogens is 1. The van der Waals surface area contributed by atoms with Crippen LogP contribution in [0.1, 0.15) is 53.4 Å². The molecule has 0 saturated heterocycles. The predicted molar refractivity (Wildman–Crippen MR) is 175 cm³/mol. The monoisotopic (exact) mass is 673 g/mol. The quantitative estimate of drug-likeness (QED) is 0.417. The Morgan fingerprint density at radius 1 is 1.20 bits per heavy atom. The summed E-state index contributed by atoms with van der Waals surface area (Å²) in [6.45, 7) is 1.51. The van der Waals surface area contributed by atoms with Gasteiger partial charge in [-0.05, 0) is 99.4 Å². The van der Waals surface area contributed by atoms with Crippen molar-refractivity contribution in [3.05, 3.63) is 64.7 Å². The van der Waals surface area contributed by atoms with Gasteiger partial charge in [-0.3, -0.25) is 4.79 Å². The van der Waals surface area contributed by atoms with Gasteiger partial charge in [-0.1, -0.05) is 23.7 Å². The van der Waals surface area contributed by atoms with Crippen LogP contribution >= 0.6 is 11.6 Å². The zero-order chi connectivity index (χ0) is 34.6. The van der Waals surface area contributed by atoms with E-state index in [4.69, 9.17) is 28.6 Å². The maximum atomic E-state index is 13.6. The minimum atomic E-state index is -4.39. The molecule has 2 aromatic carbocycles. The fraction of sp³-hybridized carbons (Fsp3) is 0.529. The molecule has 1 N–H and O–H groups in total. The number of nitrogens with zero attached hydrogens (tertiary/aromatic N) is 2. The zero-order valence-corrected chi connectivity index (χ0v) is 28.1. The second kappa shape index (κ2) is 12.4. The van der Waals surface area contributed by atoms with E-state index in [0.29, 0.717) is 36.2 Å². The third-order valence-corrected chi connectivity index (χ3v) is 11.3. The summed E-state index contributed by atoms with van der Waals surface area (Å²) in [6.07, 6.45) is 5.52. The van der Waals surface area contributed by atoms with Crippen LogP contribution in [-0.2, 0) is 36.1 Å². The highest BCUT2D eigenvalue weighted by atomic mass is 35.5. The molecule has 1 saturated carbocycles. The van der Waals surface area contributed by atoms with Crippen molar-refractivity contribution in [3.8, 4) is 5.75 Å². The van der Waals surface area contributed by atoms with Crippen molar-refractivity contribution in [2.24, 2.45) is 11.8 Å². The molecule has 6 rings (SSSR count). The van der Waals surface area contributed by atoms with Crippen molar-refractivity contribution in [1.29, 1.82) is 0 Å². The third-order valence-electron chi connectivity index (χ3n) is 9.72. The molecule has 2 heterocycles. The fourth-order valence-electron chi connectivity index (χ4n) is 6.95. The summed E-state index contributed by atoms with van der Waals surface area (Å²) in [6, 6.07) is 10.5. The van der Waals surface area contributed by atoms with Crippen molar-refractivity contribution >= 4 is 39.3 Å². The Bertz CT molecular complexity index is 1750. The number of hydrogen-bond donors (Lipinski definition) is 1. The number of nitrogens with one attached hydrogen (secondary N) is 1. The van der Waals surface area contributed by atoms with E-state index in [1.807, 2.05) is 12.1 Å². The molecule has 248 valence electrons. The molecule has 4 aliphatic rings. The average molecular weight is 674 g/mol. The van der Waals surface area contributed by atoms with E-state index in [2.05, 4.69) is 15.7 Å². The van der Waals surface area contributed by atoms with Crippen LogP contribution in [0.4, 0.5) is 10.5 Å². The first kappa shape index (κ1) is 30.1. The second-order valence-corrected chi connectivity index (χ2v) is 15.6. The first-order valence-corrected chi connectivity index (χ1v) is 17.5. The number of amides is 2. The second-order valence-electron chi connectivity index (χ2n) is 13.5. The van der Waals surface area contributed by atoms with Gasteiger partial charge in [0.05, 0.1) is 26.5 Å². The highest BCUT2D eigenvalue weighted by molar-refractivity contribution is 7.90. The van der Waals surface area contributed by atoms with Gasteiger partial charge in [0.15, 0.2) is 0 Å². The van der Waals surface area contributed by atoms with E-state index in [9.17, 15) is 18.0 Å². The standard InChI is InChI=1S/C34H42ClN3O7S/c1-33(2)31(39)36-46(41,42)25-11-14-30-28(18-25)38(20-34(21-43-30)15-5-7-22-17-24(35)10-13-27(22)34)19-23-9-12-26(23)29(8-6-16-44-33)45-32(40)37(3)4/h6,8,10-11,13-14,17-18,23,26,29H,5,7,9,12,15-16,19-21H2,1-4H3,(H,36,39)/b8-6+/t23-,26+,29-,34-/m0/s1/i16D2. The minimum absolute atomic E-state index is 0.0157. The van der Waals surface area contributed by atoms with E-state index >= 15 is 0 Å². The van der Waals surface area contributed by atoms with E-state index in [1.54, 1.807) is 20.2 Å². The van der Waals surface area contributed by atoms with Gasteiger partial charge < -0.3 is 24.0 Å². The van der Waals surface area contributed by atoms with E-state index in [-0.39, 0.29) is 16.7 Å². The van der Waals surface area contributed by atoms with Crippen LogP contribution in [0, 0.1) is 11.8 Å². The first-order valence-electron chi connectivity index (χ1n) is 16.6. The van der Waals surface area contributed by atoms with Crippen LogP contribution in [0.3, 0.4) is 0 Å². The molecule has 4 atom stereocenters. The Hall–Kier alpha value is -3.28. The predicted octanol–water partition coefficient (Wildman–Crippen LogP) is 5.08. The molecule has 1 fully saturated rings.